The number of benzene rings is 2. The van der Waals surface area contributed by atoms with Crippen LogP contribution in [0.15, 0.2) is 48.5 Å². The molecule has 0 aliphatic heterocycles. The van der Waals surface area contributed by atoms with Crippen molar-refractivity contribution in [2.45, 2.75) is 19.6 Å². The van der Waals surface area contributed by atoms with Crippen molar-refractivity contribution >= 4 is 5.91 Å². The van der Waals surface area contributed by atoms with Crippen molar-refractivity contribution in [3.63, 3.8) is 0 Å². The summed E-state index contributed by atoms with van der Waals surface area (Å²) < 4.78 is 41.9. The Morgan fingerprint density at radius 2 is 1.73 bits per heavy atom. The molecule has 1 unspecified atom stereocenters. The summed E-state index contributed by atoms with van der Waals surface area (Å²) in [5, 5.41) is 2.65. The van der Waals surface area contributed by atoms with E-state index >= 15 is 0 Å². The number of amides is 1. The largest absolute Gasteiger partial charge is 0.435 e. The summed E-state index contributed by atoms with van der Waals surface area (Å²) in [4.78, 5) is 12.0. The Morgan fingerprint density at radius 3 is 2.32 bits per heavy atom. The molecule has 2 aromatic rings. The number of halogens is 3. The Balaban J connectivity index is 2.04. The van der Waals surface area contributed by atoms with Gasteiger partial charge in [0.1, 0.15) is 11.6 Å². The predicted molar refractivity (Wildman–Crippen MR) is 75.4 cm³/mol. The quantitative estimate of drug-likeness (QED) is 0.909. The molecule has 0 aliphatic rings. The van der Waals surface area contributed by atoms with Gasteiger partial charge in [0.05, 0.1) is 11.6 Å². The Kier molecular flexibility index (Phi) is 5.04. The van der Waals surface area contributed by atoms with Gasteiger partial charge < -0.3 is 10.1 Å². The summed E-state index contributed by atoms with van der Waals surface area (Å²) in [6.07, 6.45) is 0. The highest BCUT2D eigenvalue weighted by Crippen LogP contribution is 2.19. The molecule has 1 N–H and O–H groups in total. The smallest absolute Gasteiger partial charge is 0.387 e. The third-order valence-corrected chi connectivity index (χ3v) is 3.07. The molecule has 6 heteroatoms. The maximum Gasteiger partial charge on any atom is 0.387 e. The van der Waals surface area contributed by atoms with E-state index < -0.39 is 24.4 Å². The highest BCUT2D eigenvalue weighted by atomic mass is 19.3. The molecular formula is C16H14F3NO2. The fourth-order valence-corrected chi connectivity index (χ4v) is 1.94. The van der Waals surface area contributed by atoms with Gasteiger partial charge in [0.2, 0.25) is 0 Å². The summed E-state index contributed by atoms with van der Waals surface area (Å²) in [6, 6.07) is 11.1. The lowest BCUT2D eigenvalue weighted by atomic mass is 10.1. The minimum atomic E-state index is -2.89. The zero-order valence-electron chi connectivity index (χ0n) is 11.7. The molecule has 1 atom stereocenters. The molecule has 0 bridgehead atoms. The molecule has 0 fully saturated rings. The topological polar surface area (TPSA) is 38.3 Å². The number of hydrogen-bond acceptors (Lipinski definition) is 2. The van der Waals surface area contributed by atoms with Crippen LogP contribution >= 0.6 is 0 Å². The van der Waals surface area contributed by atoms with Crippen molar-refractivity contribution < 1.29 is 22.7 Å². The normalized spacial score (nSPS) is 12.0. The number of carbonyl (C=O) groups is 1. The van der Waals surface area contributed by atoms with Gasteiger partial charge in [0.15, 0.2) is 0 Å². The van der Waals surface area contributed by atoms with Gasteiger partial charge in [-0.05, 0) is 36.8 Å². The SMILES string of the molecule is CC(NC(=O)c1ccccc1F)c1ccc(OC(F)F)cc1. The van der Waals surface area contributed by atoms with Gasteiger partial charge in [0, 0.05) is 0 Å². The van der Waals surface area contributed by atoms with E-state index in [0.29, 0.717) is 5.56 Å². The predicted octanol–water partition coefficient (Wildman–Crippen LogP) is 3.92. The van der Waals surface area contributed by atoms with Gasteiger partial charge in [-0.15, -0.1) is 0 Å². The lowest BCUT2D eigenvalue weighted by Crippen LogP contribution is -2.27. The number of nitrogens with one attached hydrogen (secondary N) is 1. The summed E-state index contributed by atoms with van der Waals surface area (Å²) in [5.74, 6) is -1.11. The van der Waals surface area contributed by atoms with E-state index in [9.17, 15) is 18.0 Å². The van der Waals surface area contributed by atoms with E-state index in [0.717, 1.165) is 0 Å². The maximum atomic E-state index is 13.5. The summed E-state index contributed by atoms with van der Waals surface area (Å²) >= 11 is 0. The first kappa shape index (κ1) is 15.9. The van der Waals surface area contributed by atoms with Crippen LogP contribution in [0.1, 0.15) is 28.9 Å². The zero-order chi connectivity index (χ0) is 16.1. The Hall–Kier alpha value is -2.50. The van der Waals surface area contributed by atoms with Crippen molar-refractivity contribution in [3.05, 3.63) is 65.5 Å². The van der Waals surface area contributed by atoms with E-state index in [2.05, 4.69) is 10.1 Å². The van der Waals surface area contributed by atoms with Gasteiger partial charge in [-0.25, -0.2) is 4.39 Å². The lowest BCUT2D eigenvalue weighted by Gasteiger charge is -2.15. The second kappa shape index (κ2) is 6.98. The molecule has 2 aromatic carbocycles. The number of carbonyl (C=O) groups excluding carboxylic acids is 1. The molecule has 0 saturated carbocycles. The molecule has 1 amide bonds. The Labute approximate surface area is 125 Å². The third kappa shape index (κ3) is 4.00. The van der Waals surface area contributed by atoms with Gasteiger partial charge >= 0.3 is 6.61 Å². The molecule has 0 aliphatic carbocycles. The summed E-state index contributed by atoms with van der Waals surface area (Å²) in [6.45, 7) is -1.18. The first-order valence-electron chi connectivity index (χ1n) is 6.57. The first-order chi connectivity index (χ1) is 10.5. The van der Waals surface area contributed by atoms with Crippen LogP contribution in [0, 0.1) is 5.82 Å². The van der Waals surface area contributed by atoms with Crippen LogP contribution in [0.2, 0.25) is 0 Å². The van der Waals surface area contributed by atoms with E-state index in [1.165, 1.54) is 30.3 Å². The van der Waals surface area contributed by atoms with Crippen LogP contribution in [0.4, 0.5) is 13.2 Å². The molecule has 0 heterocycles. The molecule has 3 nitrogen and oxygen atoms in total. The van der Waals surface area contributed by atoms with Crippen LogP contribution in [0.25, 0.3) is 0 Å². The first-order valence-corrected chi connectivity index (χ1v) is 6.57. The highest BCUT2D eigenvalue weighted by molar-refractivity contribution is 5.94. The number of rotatable bonds is 5. The summed E-state index contributed by atoms with van der Waals surface area (Å²) in [5.41, 5.74) is 0.637. The third-order valence-electron chi connectivity index (χ3n) is 3.07. The van der Waals surface area contributed by atoms with E-state index in [-0.39, 0.29) is 11.3 Å². The van der Waals surface area contributed by atoms with Gasteiger partial charge in [0.25, 0.3) is 5.91 Å². The van der Waals surface area contributed by atoms with E-state index in [1.807, 2.05) is 0 Å². The molecule has 22 heavy (non-hydrogen) atoms. The molecule has 0 aromatic heterocycles. The molecule has 0 spiro atoms. The zero-order valence-corrected chi connectivity index (χ0v) is 11.7. The van der Waals surface area contributed by atoms with Crippen molar-refractivity contribution in [2.24, 2.45) is 0 Å². The van der Waals surface area contributed by atoms with Gasteiger partial charge in [-0.2, -0.15) is 8.78 Å². The lowest BCUT2D eigenvalue weighted by molar-refractivity contribution is -0.0498. The van der Waals surface area contributed by atoms with Crippen molar-refractivity contribution in [2.75, 3.05) is 0 Å². The van der Waals surface area contributed by atoms with Crippen LogP contribution in [-0.2, 0) is 0 Å². The van der Waals surface area contributed by atoms with Gasteiger partial charge in [-0.3, -0.25) is 4.79 Å². The van der Waals surface area contributed by atoms with Crippen molar-refractivity contribution in [1.29, 1.82) is 0 Å². The number of hydrogen-bond donors (Lipinski definition) is 1. The van der Waals surface area contributed by atoms with E-state index in [4.69, 9.17) is 0 Å². The Morgan fingerprint density at radius 1 is 1.09 bits per heavy atom. The standard InChI is InChI=1S/C16H14F3NO2/c1-10(11-6-8-12(9-7-11)22-16(18)19)20-15(21)13-4-2-3-5-14(13)17/h2-10,16H,1H3,(H,20,21). The molecule has 2 rings (SSSR count). The minimum Gasteiger partial charge on any atom is -0.435 e. The van der Waals surface area contributed by atoms with Crippen molar-refractivity contribution in [3.8, 4) is 5.75 Å². The summed E-state index contributed by atoms with van der Waals surface area (Å²) in [7, 11) is 0. The fraction of sp³-hybridized carbons (Fsp3) is 0.188. The minimum absolute atomic E-state index is 0.0337. The number of ether oxygens (including phenoxy) is 1. The maximum absolute atomic E-state index is 13.5. The van der Waals surface area contributed by atoms with Crippen LogP contribution in [0.5, 0.6) is 5.75 Å². The molecule has 116 valence electrons. The number of alkyl halides is 2. The van der Waals surface area contributed by atoms with Crippen LogP contribution < -0.4 is 10.1 Å². The molecule has 0 saturated heterocycles. The monoisotopic (exact) mass is 309 g/mol. The molecule has 0 radical (unpaired) electrons. The second-order valence-electron chi connectivity index (χ2n) is 4.62. The molecular weight excluding hydrogens is 295 g/mol. The van der Waals surface area contributed by atoms with Crippen LogP contribution in [0.3, 0.4) is 0 Å². The Bertz CT molecular complexity index is 644. The van der Waals surface area contributed by atoms with Gasteiger partial charge in [-0.1, -0.05) is 24.3 Å². The average Bonchev–Trinajstić information content (AvgIpc) is 2.47. The fourth-order valence-electron chi connectivity index (χ4n) is 1.94. The van der Waals surface area contributed by atoms with E-state index in [1.54, 1.807) is 25.1 Å². The second-order valence-corrected chi connectivity index (χ2v) is 4.62. The van der Waals surface area contributed by atoms with Crippen molar-refractivity contribution in [1.82, 2.24) is 5.32 Å². The highest BCUT2D eigenvalue weighted by Gasteiger charge is 2.15. The average molecular weight is 309 g/mol. The van der Waals surface area contributed by atoms with Crippen LogP contribution in [-0.4, -0.2) is 12.5 Å².